The van der Waals surface area contributed by atoms with Crippen molar-refractivity contribution in [3.05, 3.63) is 49.7 Å². The van der Waals surface area contributed by atoms with Crippen LogP contribution >= 0.6 is 11.3 Å². The molecule has 0 bridgehead atoms. The first-order chi connectivity index (χ1) is 14.9. The van der Waals surface area contributed by atoms with E-state index in [9.17, 15) is 24.5 Å². The first-order valence-electron chi connectivity index (χ1n) is 9.85. The predicted molar refractivity (Wildman–Crippen MR) is 112 cm³/mol. The standard InChI is InChI=1S/C20H20N4O6S/c25-18(21-22-20(27)17-8-12-4-2-1-3-5-16(12)31-17)10-23-14-9-13(24(28)29)6-7-15(14)30-11-19(23)26/h6-9H,1-5,10-11H2,(H,21,25)(H,22,27). The minimum atomic E-state index is -0.640. The minimum absolute atomic E-state index is 0.133. The molecule has 1 aromatic heterocycles. The Hall–Kier alpha value is -3.47. The zero-order valence-corrected chi connectivity index (χ0v) is 17.3. The summed E-state index contributed by atoms with van der Waals surface area (Å²) in [5, 5.41) is 11.0. The predicted octanol–water partition coefficient (Wildman–Crippen LogP) is 2.11. The fourth-order valence-corrected chi connectivity index (χ4v) is 4.78. The molecular formula is C20H20N4O6S. The van der Waals surface area contributed by atoms with Gasteiger partial charge in [0.25, 0.3) is 23.4 Å². The lowest BCUT2D eigenvalue weighted by atomic mass is 10.1. The van der Waals surface area contributed by atoms with Gasteiger partial charge in [0.15, 0.2) is 6.61 Å². The Kier molecular flexibility index (Phi) is 5.85. The smallest absolute Gasteiger partial charge is 0.279 e. The fourth-order valence-electron chi connectivity index (χ4n) is 3.63. The van der Waals surface area contributed by atoms with Gasteiger partial charge in [-0.05, 0) is 43.4 Å². The number of amides is 3. The molecule has 3 amide bonds. The van der Waals surface area contributed by atoms with Crippen LogP contribution in [0.2, 0.25) is 0 Å². The van der Waals surface area contributed by atoms with Crippen molar-refractivity contribution >= 4 is 40.4 Å². The first kappa shape index (κ1) is 20.8. The summed E-state index contributed by atoms with van der Waals surface area (Å²) in [6.07, 6.45) is 5.32. The summed E-state index contributed by atoms with van der Waals surface area (Å²) in [6, 6.07) is 5.69. The van der Waals surface area contributed by atoms with E-state index in [0.29, 0.717) is 4.88 Å². The number of non-ortho nitro benzene ring substituents is 1. The third kappa shape index (κ3) is 4.50. The molecule has 1 aliphatic carbocycles. The van der Waals surface area contributed by atoms with Crippen LogP contribution in [0.5, 0.6) is 5.75 Å². The number of nitrogens with one attached hydrogen (secondary N) is 2. The van der Waals surface area contributed by atoms with Crippen molar-refractivity contribution in [2.75, 3.05) is 18.1 Å². The second-order valence-corrected chi connectivity index (χ2v) is 8.44. The summed E-state index contributed by atoms with van der Waals surface area (Å²) in [5.41, 5.74) is 5.78. The van der Waals surface area contributed by atoms with Crippen LogP contribution < -0.4 is 20.5 Å². The van der Waals surface area contributed by atoms with Crippen LogP contribution in [0.1, 0.15) is 39.4 Å². The van der Waals surface area contributed by atoms with Gasteiger partial charge >= 0.3 is 0 Å². The molecule has 2 heterocycles. The Balaban J connectivity index is 1.40. The normalized spacial score (nSPS) is 15.2. The topological polar surface area (TPSA) is 131 Å². The monoisotopic (exact) mass is 444 g/mol. The van der Waals surface area contributed by atoms with Gasteiger partial charge in [-0.1, -0.05) is 6.42 Å². The van der Waals surface area contributed by atoms with Gasteiger partial charge in [-0.15, -0.1) is 11.3 Å². The molecule has 0 atom stereocenters. The summed E-state index contributed by atoms with van der Waals surface area (Å²) < 4.78 is 5.27. The molecule has 162 valence electrons. The van der Waals surface area contributed by atoms with Crippen LogP contribution in [0.4, 0.5) is 11.4 Å². The quantitative estimate of drug-likeness (QED) is 0.422. The molecule has 0 saturated heterocycles. The molecule has 0 radical (unpaired) electrons. The largest absolute Gasteiger partial charge is 0.482 e. The Bertz CT molecular complexity index is 1040. The van der Waals surface area contributed by atoms with Crippen LogP contribution in [-0.2, 0) is 22.4 Å². The number of carbonyl (C=O) groups excluding carboxylic acids is 3. The third-order valence-electron chi connectivity index (χ3n) is 5.18. The molecule has 0 saturated carbocycles. The van der Waals surface area contributed by atoms with E-state index in [-0.39, 0.29) is 23.7 Å². The maximum absolute atomic E-state index is 12.4. The number of rotatable bonds is 4. The van der Waals surface area contributed by atoms with E-state index in [1.54, 1.807) is 0 Å². The zero-order chi connectivity index (χ0) is 22.0. The van der Waals surface area contributed by atoms with E-state index in [0.717, 1.165) is 30.6 Å². The number of hydrogen-bond donors (Lipinski definition) is 2. The summed E-state index contributed by atoms with van der Waals surface area (Å²) in [5.74, 6) is -1.31. The highest BCUT2D eigenvalue weighted by molar-refractivity contribution is 7.14. The van der Waals surface area contributed by atoms with Crippen molar-refractivity contribution in [2.24, 2.45) is 0 Å². The van der Waals surface area contributed by atoms with Gasteiger partial charge in [-0.2, -0.15) is 0 Å². The van der Waals surface area contributed by atoms with Crippen LogP contribution in [0.25, 0.3) is 0 Å². The van der Waals surface area contributed by atoms with Gasteiger partial charge in [0.2, 0.25) is 0 Å². The first-order valence-corrected chi connectivity index (χ1v) is 10.7. The van der Waals surface area contributed by atoms with Gasteiger partial charge in [0.05, 0.1) is 15.5 Å². The lowest BCUT2D eigenvalue weighted by molar-refractivity contribution is -0.384. The summed E-state index contributed by atoms with van der Waals surface area (Å²) in [6.45, 7) is -0.706. The van der Waals surface area contributed by atoms with E-state index in [1.807, 2.05) is 6.07 Å². The third-order valence-corrected chi connectivity index (χ3v) is 6.42. The van der Waals surface area contributed by atoms with E-state index in [1.165, 1.54) is 46.4 Å². The van der Waals surface area contributed by atoms with E-state index < -0.39 is 29.2 Å². The number of hydrazine groups is 1. The molecule has 2 aromatic rings. The Morgan fingerprint density at radius 1 is 1.16 bits per heavy atom. The SMILES string of the molecule is O=C(CN1C(=O)COc2ccc([N+](=O)[O-])cc21)NNC(=O)c1cc2c(s1)CCCCC2. The molecule has 1 aliphatic heterocycles. The number of nitro groups is 1. The van der Waals surface area contributed by atoms with Crippen molar-refractivity contribution in [1.82, 2.24) is 10.9 Å². The molecule has 0 spiro atoms. The van der Waals surface area contributed by atoms with Crippen molar-refractivity contribution in [3.8, 4) is 5.75 Å². The second kappa shape index (κ2) is 8.72. The van der Waals surface area contributed by atoms with Crippen LogP contribution in [0.15, 0.2) is 24.3 Å². The average molecular weight is 444 g/mol. The highest BCUT2D eigenvalue weighted by Gasteiger charge is 2.29. The molecular weight excluding hydrogens is 424 g/mol. The molecule has 1 aromatic carbocycles. The van der Waals surface area contributed by atoms with Crippen LogP contribution in [0.3, 0.4) is 0 Å². The van der Waals surface area contributed by atoms with Crippen LogP contribution in [-0.4, -0.2) is 35.8 Å². The van der Waals surface area contributed by atoms with Crippen molar-refractivity contribution in [1.29, 1.82) is 0 Å². The van der Waals surface area contributed by atoms with E-state index in [2.05, 4.69) is 10.9 Å². The number of anilines is 1. The lowest BCUT2D eigenvalue weighted by Gasteiger charge is -2.28. The molecule has 0 fully saturated rings. The van der Waals surface area contributed by atoms with Gasteiger partial charge in [0, 0.05) is 17.0 Å². The molecule has 10 nitrogen and oxygen atoms in total. The molecule has 4 rings (SSSR count). The van der Waals surface area contributed by atoms with Crippen molar-refractivity contribution in [3.63, 3.8) is 0 Å². The number of benzene rings is 1. The number of hydrogen-bond acceptors (Lipinski definition) is 7. The number of thiophene rings is 1. The Morgan fingerprint density at radius 3 is 2.77 bits per heavy atom. The van der Waals surface area contributed by atoms with Crippen molar-refractivity contribution < 1.29 is 24.0 Å². The minimum Gasteiger partial charge on any atom is -0.482 e. The average Bonchev–Trinajstić information content (AvgIpc) is 3.04. The number of fused-ring (bicyclic) bond motifs is 2. The van der Waals surface area contributed by atoms with E-state index in [4.69, 9.17) is 4.74 Å². The maximum Gasteiger partial charge on any atom is 0.279 e. The second-order valence-electron chi connectivity index (χ2n) is 7.30. The number of carbonyl (C=O) groups is 3. The lowest BCUT2D eigenvalue weighted by Crippen LogP contribution is -2.49. The summed E-state index contributed by atoms with van der Waals surface area (Å²) in [4.78, 5) is 50.3. The zero-order valence-electron chi connectivity index (χ0n) is 16.5. The highest BCUT2D eigenvalue weighted by Crippen LogP contribution is 2.35. The Morgan fingerprint density at radius 2 is 1.97 bits per heavy atom. The molecule has 2 aliphatic rings. The van der Waals surface area contributed by atoms with Gasteiger partial charge < -0.3 is 4.74 Å². The van der Waals surface area contributed by atoms with E-state index >= 15 is 0 Å². The van der Waals surface area contributed by atoms with Crippen LogP contribution in [0, 0.1) is 10.1 Å². The Labute approximate surface area is 181 Å². The molecule has 2 N–H and O–H groups in total. The summed E-state index contributed by atoms with van der Waals surface area (Å²) >= 11 is 1.43. The number of nitrogens with zero attached hydrogens (tertiary/aromatic N) is 2. The van der Waals surface area contributed by atoms with Gasteiger partial charge in [-0.25, -0.2) is 0 Å². The molecule has 11 heteroatoms. The maximum atomic E-state index is 12.4. The highest BCUT2D eigenvalue weighted by atomic mass is 32.1. The summed E-state index contributed by atoms with van der Waals surface area (Å²) in [7, 11) is 0. The van der Waals surface area contributed by atoms with Crippen molar-refractivity contribution in [2.45, 2.75) is 32.1 Å². The number of aryl methyl sites for hydroxylation is 2. The van der Waals surface area contributed by atoms with Gasteiger partial charge in [0.1, 0.15) is 12.3 Å². The number of ether oxygens (including phenoxy) is 1. The van der Waals surface area contributed by atoms with Gasteiger partial charge in [-0.3, -0.25) is 40.2 Å². The number of nitro benzene ring substituents is 1. The fraction of sp³-hybridized carbons (Fsp3) is 0.350. The molecule has 31 heavy (non-hydrogen) atoms. The molecule has 0 unspecified atom stereocenters.